The fraction of sp³-hybridized carbons (Fsp3) is 0.200. The van der Waals surface area contributed by atoms with Crippen LogP contribution in [0.2, 0.25) is 0 Å². The van der Waals surface area contributed by atoms with Crippen LogP contribution >= 0.6 is 0 Å². The van der Waals surface area contributed by atoms with Crippen LogP contribution in [0.1, 0.15) is 24.6 Å². The fourth-order valence-corrected chi connectivity index (χ4v) is 2.82. The molecule has 0 radical (unpaired) electrons. The van der Waals surface area contributed by atoms with Crippen molar-refractivity contribution in [1.29, 1.82) is 0 Å². The number of hydrogen-bond donors (Lipinski definition) is 1. The average Bonchev–Trinajstić information content (AvgIpc) is 2.59. The highest BCUT2D eigenvalue weighted by Gasteiger charge is 2.11. The van der Waals surface area contributed by atoms with Gasteiger partial charge in [0.1, 0.15) is 0 Å². The van der Waals surface area contributed by atoms with Crippen molar-refractivity contribution in [1.82, 2.24) is 4.68 Å². The molecule has 122 valence electrons. The minimum atomic E-state index is -0.198. The zero-order valence-electron chi connectivity index (χ0n) is 13.7. The summed E-state index contributed by atoms with van der Waals surface area (Å²) in [5.74, 6) is -0.198. The van der Waals surface area contributed by atoms with Crippen molar-refractivity contribution in [3.05, 3.63) is 82.3 Å². The number of rotatable bonds is 5. The second-order valence-electron chi connectivity index (χ2n) is 5.81. The summed E-state index contributed by atoms with van der Waals surface area (Å²) in [7, 11) is 0. The molecule has 3 rings (SSSR count). The van der Waals surface area contributed by atoms with E-state index in [-0.39, 0.29) is 17.9 Å². The summed E-state index contributed by atoms with van der Waals surface area (Å²) in [5.41, 5.74) is 4.33. The summed E-state index contributed by atoms with van der Waals surface area (Å²) in [6, 6.07) is 18.9. The van der Waals surface area contributed by atoms with Gasteiger partial charge in [-0.25, -0.2) is 4.68 Å². The Morgan fingerprint density at radius 3 is 2.50 bits per heavy atom. The monoisotopic (exact) mass is 320 g/mol. The van der Waals surface area contributed by atoms with E-state index in [0.29, 0.717) is 5.39 Å². The Balaban J connectivity index is 1.95. The van der Waals surface area contributed by atoms with Gasteiger partial charge in [0.15, 0.2) is 0 Å². The molecule has 4 nitrogen and oxygen atoms in total. The first-order valence-electron chi connectivity index (χ1n) is 8.16. The highest BCUT2D eigenvalue weighted by molar-refractivity contribution is 5.87. The van der Waals surface area contributed by atoms with E-state index in [4.69, 9.17) is 0 Å². The maximum absolute atomic E-state index is 12.8. The predicted molar refractivity (Wildman–Crippen MR) is 96.7 cm³/mol. The summed E-state index contributed by atoms with van der Waals surface area (Å²) in [6.45, 7) is 2.05. The third-order valence-electron chi connectivity index (χ3n) is 3.95. The van der Waals surface area contributed by atoms with Crippen molar-refractivity contribution < 1.29 is 4.79 Å². The van der Waals surface area contributed by atoms with Crippen molar-refractivity contribution >= 4 is 16.7 Å². The molecule has 0 fully saturated rings. The molecule has 4 heteroatoms. The molecule has 0 aliphatic carbocycles. The number of nitrogens with one attached hydrogen (secondary N) is 1. The number of carbonyl (C=O) groups is 1. The Bertz CT molecular complexity index is 914. The number of hydrogen-bond acceptors (Lipinski definition) is 2. The largest absolute Gasteiger partial charge is 0.277 e. The highest BCUT2D eigenvalue weighted by atomic mass is 16.2. The van der Waals surface area contributed by atoms with Crippen molar-refractivity contribution in [2.75, 3.05) is 5.43 Å². The number of aromatic nitrogens is 1. The van der Waals surface area contributed by atoms with E-state index >= 15 is 0 Å². The van der Waals surface area contributed by atoms with E-state index in [9.17, 15) is 9.59 Å². The molecule has 0 aliphatic heterocycles. The van der Waals surface area contributed by atoms with Crippen LogP contribution in [0.4, 0.5) is 0 Å². The number of carbonyl (C=O) groups excluding carboxylic acids is 1. The molecule has 3 aromatic rings. The van der Waals surface area contributed by atoms with E-state index in [1.807, 2.05) is 54.6 Å². The van der Waals surface area contributed by atoms with Gasteiger partial charge in [-0.15, -0.1) is 0 Å². The van der Waals surface area contributed by atoms with Gasteiger partial charge in [-0.3, -0.25) is 15.0 Å². The van der Waals surface area contributed by atoms with Crippen LogP contribution in [0.25, 0.3) is 10.8 Å². The van der Waals surface area contributed by atoms with Crippen molar-refractivity contribution in [3.63, 3.8) is 0 Å². The molecule has 0 atom stereocenters. The summed E-state index contributed by atoms with van der Waals surface area (Å²) < 4.78 is 1.40. The van der Waals surface area contributed by atoms with Crippen LogP contribution in [0, 0.1) is 0 Å². The van der Waals surface area contributed by atoms with Crippen molar-refractivity contribution in [2.24, 2.45) is 0 Å². The van der Waals surface area contributed by atoms with Crippen LogP contribution in [0.5, 0.6) is 0 Å². The van der Waals surface area contributed by atoms with E-state index in [0.717, 1.165) is 29.5 Å². The zero-order chi connectivity index (χ0) is 16.9. The smallest absolute Gasteiger partial charge is 0.273 e. The third kappa shape index (κ3) is 3.38. The Morgan fingerprint density at radius 1 is 1.04 bits per heavy atom. The maximum atomic E-state index is 12.8. The topological polar surface area (TPSA) is 51.1 Å². The zero-order valence-corrected chi connectivity index (χ0v) is 13.7. The first-order valence-corrected chi connectivity index (χ1v) is 8.16. The fourth-order valence-electron chi connectivity index (χ4n) is 2.82. The molecule has 0 saturated heterocycles. The first kappa shape index (κ1) is 16.0. The van der Waals surface area contributed by atoms with Gasteiger partial charge in [-0.05, 0) is 29.5 Å². The molecule has 2 aromatic carbocycles. The molecular formula is C20H20N2O2. The number of benzene rings is 2. The Kier molecular flexibility index (Phi) is 4.75. The normalized spacial score (nSPS) is 10.7. The molecular weight excluding hydrogens is 300 g/mol. The molecule has 0 bridgehead atoms. The molecule has 0 spiro atoms. The summed E-state index contributed by atoms with van der Waals surface area (Å²) in [4.78, 5) is 25.1. The minimum Gasteiger partial charge on any atom is -0.273 e. The highest BCUT2D eigenvalue weighted by Crippen LogP contribution is 2.13. The third-order valence-corrected chi connectivity index (χ3v) is 3.95. The van der Waals surface area contributed by atoms with Gasteiger partial charge in [-0.1, -0.05) is 61.9 Å². The van der Waals surface area contributed by atoms with Gasteiger partial charge >= 0.3 is 0 Å². The van der Waals surface area contributed by atoms with E-state index in [1.165, 1.54) is 4.68 Å². The van der Waals surface area contributed by atoms with Crippen LogP contribution in [0.15, 0.2) is 65.5 Å². The Hall–Kier alpha value is -2.88. The summed E-state index contributed by atoms with van der Waals surface area (Å²) in [5, 5.41) is 1.51. The van der Waals surface area contributed by atoms with Gasteiger partial charge in [0, 0.05) is 11.1 Å². The first-order chi connectivity index (χ1) is 11.7. The Morgan fingerprint density at radius 2 is 1.75 bits per heavy atom. The molecule has 0 saturated carbocycles. The lowest BCUT2D eigenvalue weighted by Gasteiger charge is -2.15. The van der Waals surface area contributed by atoms with E-state index < -0.39 is 0 Å². The molecule has 1 aromatic heterocycles. The molecule has 0 aliphatic rings. The summed E-state index contributed by atoms with van der Waals surface area (Å²) in [6.07, 6.45) is 1.86. The van der Waals surface area contributed by atoms with E-state index in [1.54, 1.807) is 6.07 Å². The minimum absolute atomic E-state index is 0.182. The SMILES string of the molecule is CCCc1cc2ccccc2c(=O)n1NC(=O)Cc1ccccc1. The maximum Gasteiger partial charge on any atom is 0.277 e. The van der Waals surface area contributed by atoms with E-state index in [2.05, 4.69) is 12.3 Å². The summed E-state index contributed by atoms with van der Waals surface area (Å²) >= 11 is 0. The number of pyridine rings is 1. The molecule has 1 amide bonds. The lowest BCUT2D eigenvalue weighted by atomic mass is 10.1. The molecule has 1 N–H and O–H groups in total. The van der Waals surface area contributed by atoms with Crippen molar-refractivity contribution in [2.45, 2.75) is 26.2 Å². The second kappa shape index (κ2) is 7.13. The average molecular weight is 320 g/mol. The van der Waals surface area contributed by atoms with Crippen LogP contribution in [-0.4, -0.2) is 10.6 Å². The number of nitrogens with zero attached hydrogens (tertiary/aromatic N) is 1. The number of aryl methyl sites for hydroxylation is 1. The lowest BCUT2D eigenvalue weighted by molar-refractivity contribution is -0.116. The van der Waals surface area contributed by atoms with Crippen LogP contribution in [-0.2, 0) is 17.6 Å². The van der Waals surface area contributed by atoms with Gasteiger partial charge < -0.3 is 0 Å². The van der Waals surface area contributed by atoms with Gasteiger partial charge in [0.05, 0.1) is 6.42 Å². The van der Waals surface area contributed by atoms with Gasteiger partial charge in [0.2, 0.25) is 5.91 Å². The lowest BCUT2D eigenvalue weighted by Crippen LogP contribution is -2.36. The van der Waals surface area contributed by atoms with Gasteiger partial charge in [-0.2, -0.15) is 0 Å². The quantitative estimate of drug-likeness (QED) is 0.784. The second-order valence-corrected chi connectivity index (χ2v) is 5.81. The number of fused-ring (bicyclic) bond motifs is 1. The molecule has 24 heavy (non-hydrogen) atoms. The Labute approximate surface area is 140 Å². The molecule has 0 unspecified atom stereocenters. The van der Waals surface area contributed by atoms with Gasteiger partial charge in [0.25, 0.3) is 5.56 Å². The van der Waals surface area contributed by atoms with Crippen LogP contribution < -0.4 is 11.0 Å². The van der Waals surface area contributed by atoms with Crippen LogP contribution in [0.3, 0.4) is 0 Å². The molecule has 1 heterocycles. The van der Waals surface area contributed by atoms with Crippen molar-refractivity contribution in [3.8, 4) is 0 Å². The standard InChI is InChI=1S/C20H20N2O2/c1-2-8-17-14-16-11-6-7-12-18(16)20(24)22(17)21-19(23)13-15-9-4-3-5-10-15/h3-7,9-12,14H,2,8,13H2,1H3,(H,21,23). The number of amides is 1. The predicted octanol–water partition coefficient (Wildman–Crippen LogP) is 3.27.